The Morgan fingerprint density at radius 3 is 2.42 bits per heavy atom. The van der Waals surface area contributed by atoms with Crippen LogP contribution in [0.15, 0.2) is 24.3 Å². The topological polar surface area (TPSA) is 70.3 Å². The first-order valence-corrected chi connectivity index (χ1v) is 6.22. The van der Waals surface area contributed by atoms with Gasteiger partial charge in [-0.3, -0.25) is 0 Å². The van der Waals surface area contributed by atoms with E-state index in [1.165, 1.54) is 0 Å². The highest BCUT2D eigenvalue weighted by Gasteiger charge is 2.17. The molecule has 0 spiro atoms. The Labute approximate surface area is 112 Å². The Hall–Kier alpha value is -1.88. The molecule has 19 heavy (non-hydrogen) atoms. The lowest BCUT2D eigenvalue weighted by Gasteiger charge is -2.22. The Morgan fingerprint density at radius 2 is 1.79 bits per heavy atom. The van der Waals surface area contributed by atoms with Crippen LogP contribution in [0.5, 0.6) is 5.88 Å². The molecule has 2 N–H and O–H groups in total. The highest BCUT2D eigenvalue weighted by molar-refractivity contribution is 5.76. The summed E-state index contributed by atoms with van der Waals surface area (Å²) in [5.41, 5.74) is 7.16. The van der Waals surface area contributed by atoms with Crippen LogP contribution >= 0.6 is 0 Å². The highest BCUT2D eigenvalue weighted by Crippen LogP contribution is 2.21. The third-order valence-corrected chi connectivity index (χ3v) is 3.06. The second kappa shape index (κ2) is 5.40. The lowest BCUT2D eigenvalue weighted by atomic mass is 10.1. The van der Waals surface area contributed by atoms with Crippen molar-refractivity contribution in [3.63, 3.8) is 0 Å². The number of ether oxygens (including phenoxy) is 2. The van der Waals surface area contributed by atoms with Gasteiger partial charge in [0.2, 0.25) is 0 Å². The molecule has 1 aromatic heterocycles. The molecule has 0 aliphatic heterocycles. The minimum absolute atomic E-state index is 0.223. The number of benzene rings is 1. The molecule has 1 heterocycles. The Balaban J connectivity index is 2.10. The zero-order valence-electron chi connectivity index (χ0n) is 11.5. The number of methoxy groups -OCH3 is 1. The van der Waals surface area contributed by atoms with E-state index < -0.39 is 0 Å². The first-order valence-electron chi connectivity index (χ1n) is 6.22. The summed E-state index contributed by atoms with van der Waals surface area (Å²) >= 11 is 0. The maximum Gasteiger partial charge on any atom is 0.257 e. The molecular formula is C14H19N3O2. The molecule has 0 saturated heterocycles. The van der Waals surface area contributed by atoms with Gasteiger partial charge in [0.25, 0.3) is 5.88 Å². The van der Waals surface area contributed by atoms with E-state index in [0.717, 1.165) is 17.5 Å². The summed E-state index contributed by atoms with van der Waals surface area (Å²) in [4.78, 5) is 8.64. The minimum Gasteiger partial charge on any atom is -0.475 e. The zero-order valence-corrected chi connectivity index (χ0v) is 11.5. The summed E-state index contributed by atoms with van der Waals surface area (Å²) in [6.45, 7) is 4.50. The lowest BCUT2D eigenvalue weighted by Crippen LogP contribution is -2.25. The highest BCUT2D eigenvalue weighted by atomic mass is 16.5. The molecule has 0 saturated carbocycles. The van der Waals surface area contributed by atoms with Crippen molar-refractivity contribution >= 4 is 16.9 Å². The van der Waals surface area contributed by atoms with E-state index in [0.29, 0.717) is 18.3 Å². The molecule has 5 heteroatoms. The van der Waals surface area contributed by atoms with Gasteiger partial charge in [-0.2, -0.15) is 0 Å². The first kappa shape index (κ1) is 13.5. The van der Waals surface area contributed by atoms with Crippen molar-refractivity contribution in [2.24, 2.45) is 0 Å². The Morgan fingerprint density at radius 1 is 1.16 bits per heavy atom. The maximum atomic E-state index is 5.84. The lowest BCUT2D eigenvalue weighted by molar-refractivity contribution is 0.00515. The van der Waals surface area contributed by atoms with Gasteiger partial charge in [0.15, 0.2) is 5.82 Å². The fraction of sp³-hybridized carbons (Fsp3) is 0.429. The minimum atomic E-state index is -0.223. The largest absolute Gasteiger partial charge is 0.475 e. The van der Waals surface area contributed by atoms with Crippen LogP contribution in [0, 0.1) is 0 Å². The molecule has 2 aromatic rings. The standard InChI is InChI=1S/C14H19N3O2/c1-14(2,18-3)8-9-19-13-12(15)16-10-6-4-5-7-11(10)17-13/h4-7H,8-9H2,1-3H3,(H2,15,16). The third kappa shape index (κ3) is 3.32. The molecular weight excluding hydrogens is 242 g/mol. The van der Waals surface area contributed by atoms with Crippen molar-refractivity contribution < 1.29 is 9.47 Å². The molecule has 0 aliphatic carbocycles. The van der Waals surface area contributed by atoms with Gasteiger partial charge < -0.3 is 15.2 Å². The molecule has 0 fully saturated rings. The van der Waals surface area contributed by atoms with Crippen LogP contribution in [0.3, 0.4) is 0 Å². The molecule has 0 atom stereocenters. The Kier molecular flexibility index (Phi) is 3.85. The van der Waals surface area contributed by atoms with E-state index in [4.69, 9.17) is 15.2 Å². The van der Waals surface area contributed by atoms with Gasteiger partial charge in [0, 0.05) is 13.5 Å². The van der Waals surface area contributed by atoms with Crippen LogP contribution in [0.2, 0.25) is 0 Å². The maximum absolute atomic E-state index is 5.84. The summed E-state index contributed by atoms with van der Waals surface area (Å²) < 4.78 is 10.9. The van der Waals surface area contributed by atoms with Crippen LogP contribution in [0.1, 0.15) is 20.3 Å². The number of anilines is 1. The number of fused-ring (bicyclic) bond motifs is 1. The van der Waals surface area contributed by atoms with Crippen LogP contribution in [-0.4, -0.2) is 29.3 Å². The van der Waals surface area contributed by atoms with Gasteiger partial charge in [-0.1, -0.05) is 12.1 Å². The monoisotopic (exact) mass is 261 g/mol. The van der Waals surface area contributed by atoms with Crippen molar-refractivity contribution in [3.05, 3.63) is 24.3 Å². The van der Waals surface area contributed by atoms with Gasteiger partial charge in [-0.15, -0.1) is 0 Å². The quantitative estimate of drug-likeness (QED) is 0.895. The second-order valence-corrected chi connectivity index (χ2v) is 4.96. The molecule has 0 unspecified atom stereocenters. The van der Waals surface area contributed by atoms with Gasteiger partial charge in [-0.05, 0) is 26.0 Å². The fourth-order valence-corrected chi connectivity index (χ4v) is 1.60. The van der Waals surface area contributed by atoms with E-state index in [9.17, 15) is 0 Å². The van der Waals surface area contributed by atoms with E-state index in [1.54, 1.807) is 7.11 Å². The average Bonchev–Trinajstić information content (AvgIpc) is 2.39. The molecule has 0 aliphatic rings. The molecule has 1 aromatic carbocycles. The molecule has 0 radical (unpaired) electrons. The van der Waals surface area contributed by atoms with Gasteiger partial charge in [0.05, 0.1) is 23.2 Å². The van der Waals surface area contributed by atoms with Crippen LogP contribution in [0.25, 0.3) is 11.0 Å². The van der Waals surface area contributed by atoms with E-state index in [2.05, 4.69) is 9.97 Å². The van der Waals surface area contributed by atoms with E-state index in [-0.39, 0.29) is 5.60 Å². The van der Waals surface area contributed by atoms with Gasteiger partial charge >= 0.3 is 0 Å². The summed E-state index contributed by atoms with van der Waals surface area (Å²) in [6.07, 6.45) is 0.747. The molecule has 0 bridgehead atoms. The number of aromatic nitrogens is 2. The van der Waals surface area contributed by atoms with E-state index >= 15 is 0 Å². The number of nitrogens with zero attached hydrogens (tertiary/aromatic N) is 2. The fourth-order valence-electron chi connectivity index (χ4n) is 1.60. The molecule has 2 rings (SSSR count). The van der Waals surface area contributed by atoms with Crippen molar-refractivity contribution in [2.45, 2.75) is 25.9 Å². The van der Waals surface area contributed by atoms with Gasteiger partial charge in [0.1, 0.15) is 0 Å². The summed E-state index contributed by atoms with van der Waals surface area (Å²) in [5, 5.41) is 0. The predicted octanol–water partition coefficient (Wildman–Crippen LogP) is 2.41. The van der Waals surface area contributed by atoms with Crippen molar-refractivity contribution in [3.8, 4) is 5.88 Å². The molecule has 0 amide bonds. The van der Waals surface area contributed by atoms with Crippen molar-refractivity contribution in [1.29, 1.82) is 0 Å². The van der Waals surface area contributed by atoms with Crippen molar-refractivity contribution in [2.75, 3.05) is 19.5 Å². The van der Waals surface area contributed by atoms with Crippen LogP contribution in [-0.2, 0) is 4.74 Å². The third-order valence-electron chi connectivity index (χ3n) is 3.06. The number of hydrogen-bond donors (Lipinski definition) is 1. The molecule has 5 nitrogen and oxygen atoms in total. The van der Waals surface area contributed by atoms with Crippen molar-refractivity contribution in [1.82, 2.24) is 9.97 Å². The van der Waals surface area contributed by atoms with Crippen LogP contribution in [0.4, 0.5) is 5.82 Å². The van der Waals surface area contributed by atoms with Gasteiger partial charge in [-0.25, -0.2) is 9.97 Å². The second-order valence-electron chi connectivity index (χ2n) is 4.96. The predicted molar refractivity (Wildman–Crippen MR) is 75.2 cm³/mol. The summed E-state index contributed by atoms with van der Waals surface area (Å²) in [6, 6.07) is 7.56. The summed E-state index contributed by atoms with van der Waals surface area (Å²) in [7, 11) is 1.68. The Bertz CT molecular complexity index is 570. The molecule has 102 valence electrons. The smallest absolute Gasteiger partial charge is 0.257 e. The SMILES string of the molecule is COC(C)(C)CCOc1nc2ccccc2nc1N. The number of rotatable bonds is 5. The summed E-state index contributed by atoms with van der Waals surface area (Å²) in [5.74, 6) is 0.694. The normalized spacial score (nSPS) is 11.7. The first-order chi connectivity index (χ1) is 9.02. The number of hydrogen-bond acceptors (Lipinski definition) is 5. The zero-order chi connectivity index (χ0) is 13.9. The number of nitrogens with two attached hydrogens (primary N) is 1. The average molecular weight is 261 g/mol. The number of nitrogen functional groups attached to an aromatic ring is 1. The number of para-hydroxylation sites is 2. The van der Waals surface area contributed by atoms with Crippen LogP contribution < -0.4 is 10.5 Å². The van der Waals surface area contributed by atoms with E-state index in [1.807, 2.05) is 38.1 Å².